The molecular weight excluding hydrogens is 339 g/mol. The predicted molar refractivity (Wildman–Crippen MR) is 92.2 cm³/mol. The Morgan fingerprint density at radius 1 is 1.23 bits per heavy atom. The zero-order chi connectivity index (χ0) is 18.7. The normalized spacial score (nSPS) is 16.5. The molecule has 1 N–H and O–H groups in total. The summed E-state index contributed by atoms with van der Waals surface area (Å²) in [6.07, 6.45) is 2.60. The van der Waals surface area contributed by atoms with Crippen molar-refractivity contribution in [3.05, 3.63) is 53.6 Å². The van der Waals surface area contributed by atoms with Gasteiger partial charge in [-0.3, -0.25) is 14.4 Å². The van der Waals surface area contributed by atoms with E-state index < -0.39 is 12.0 Å². The first-order chi connectivity index (χ1) is 12.5. The topological polar surface area (TPSA) is 78.7 Å². The van der Waals surface area contributed by atoms with Crippen LogP contribution in [0.2, 0.25) is 0 Å². The lowest BCUT2D eigenvalue weighted by Crippen LogP contribution is -2.50. The van der Waals surface area contributed by atoms with Crippen molar-refractivity contribution in [1.82, 2.24) is 19.6 Å². The van der Waals surface area contributed by atoms with Gasteiger partial charge >= 0.3 is 5.97 Å². The van der Waals surface area contributed by atoms with Gasteiger partial charge in [-0.15, -0.1) is 0 Å². The van der Waals surface area contributed by atoms with E-state index >= 15 is 0 Å². The average Bonchev–Trinajstić information content (AvgIpc) is 3.13. The van der Waals surface area contributed by atoms with Gasteiger partial charge in [0.05, 0.1) is 11.8 Å². The maximum absolute atomic E-state index is 13.8. The monoisotopic (exact) mass is 360 g/mol. The van der Waals surface area contributed by atoms with Crippen molar-refractivity contribution in [2.75, 3.05) is 26.2 Å². The average molecular weight is 360 g/mol. The first-order valence-electron chi connectivity index (χ1n) is 8.47. The van der Waals surface area contributed by atoms with E-state index in [1.54, 1.807) is 24.0 Å². The Morgan fingerprint density at radius 2 is 1.92 bits per heavy atom. The van der Waals surface area contributed by atoms with E-state index in [4.69, 9.17) is 5.11 Å². The summed E-state index contributed by atoms with van der Waals surface area (Å²) in [7, 11) is 0. The number of benzene rings is 1. The number of amides is 1. The SMILES string of the molecule is CC(C(=O)N1CCN(Cc2ccccc2F)CC1)n1cc(C(=O)O)cn1. The van der Waals surface area contributed by atoms with Gasteiger partial charge in [0.1, 0.15) is 11.9 Å². The third-order valence-corrected chi connectivity index (χ3v) is 4.64. The van der Waals surface area contributed by atoms with Crippen LogP contribution in [0.3, 0.4) is 0 Å². The number of rotatable bonds is 5. The number of carbonyl (C=O) groups excluding carboxylic acids is 1. The summed E-state index contributed by atoms with van der Waals surface area (Å²) in [6.45, 7) is 4.63. The van der Waals surface area contributed by atoms with Crippen molar-refractivity contribution in [3.63, 3.8) is 0 Å². The molecule has 8 heteroatoms. The standard InChI is InChI=1S/C18H21FN4O3/c1-13(23-12-15(10-20-23)18(25)26)17(24)22-8-6-21(7-9-22)11-14-4-2-3-5-16(14)19/h2-5,10,12-13H,6-9,11H2,1H3,(H,25,26). The summed E-state index contributed by atoms with van der Waals surface area (Å²) in [5.41, 5.74) is 0.706. The smallest absolute Gasteiger partial charge is 0.338 e. The second kappa shape index (κ2) is 7.65. The largest absolute Gasteiger partial charge is 0.478 e. The molecule has 0 bridgehead atoms. The molecule has 138 valence electrons. The van der Waals surface area contributed by atoms with Gasteiger partial charge in [0.15, 0.2) is 0 Å². The number of nitrogens with zero attached hydrogens (tertiary/aromatic N) is 4. The van der Waals surface area contributed by atoms with Gasteiger partial charge in [-0.25, -0.2) is 9.18 Å². The quantitative estimate of drug-likeness (QED) is 0.877. The lowest BCUT2D eigenvalue weighted by Gasteiger charge is -2.36. The van der Waals surface area contributed by atoms with Crippen LogP contribution in [-0.2, 0) is 11.3 Å². The molecule has 1 aliphatic heterocycles. The van der Waals surface area contributed by atoms with E-state index in [0.29, 0.717) is 38.3 Å². The zero-order valence-electron chi connectivity index (χ0n) is 14.5. The molecule has 2 heterocycles. The molecule has 0 spiro atoms. The summed E-state index contributed by atoms with van der Waals surface area (Å²) in [4.78, 5) is 27.4. The highest BCUT2D eigenvalue weighted by Crippen LogP contribution is 2.15. The minimum atomic E-state index is -1.07. The molecule has 3 rings (SSSR count). The molecule has 1 aliphatic rings. The molecule has 0 saturated carbocycles. The van der Waals surface area contributed by atoms with Gasteiger partial charge in [0, 0.05) is 44.5 Å². The summed E-state index contributed by atoms with van der Waals surface area (Å²) >= 11 is 0. The number of aromatic nitrogens is 2. The van der Waals surface area contributed by atoms with E-state index in [-0.39, 0.29) is 17.3 Å². The van der Waals surface area contributed by atoms with Gasteiger partial charge in [0.2, 0.25) is 5.91 Å². The first-order valence-corrected chi connectivity index (χ1v) is 8.47. The van der Waals surface area contributed by atoms with Crippen LogP contribution in [0.5, 0.6) is 0 Å². The molecule has 1 saturated heterocycles. The Labute approximate surface area is 150 Å². The number of carboxylic acid groups (broad SMARTS) is 1. The van der Waals surface area contributed by atoms with Gasteiger partial charge in [-0.05, 0) is 13.0 Å². The maximum Gasteiger partial charge on any atom is 0.338 e. The molecule has 1 aromatic carbocycles. The van der Waals surface area contributed by atoms with Crippen molar-refractivity contribution < 1.29 is 19.1 Å². The number of carboxylic acids is 1. The molecule has 7 nitrogen and oxygen atoms in total. The fourth-order valence-electron chi connectivity index (χ4n) is 3.03. The van der Waals surface area contributed by atoms with Crippen molar-refractivity contribution in [2.45, 2.75) is 19.5 Å². The number of halogens is 1. The molecule has 1 aromatic heterocycles. The summed E-state index contributed by atoms with van der Waals surface area (Å²) in [6, 6.07) is 6.14. The molecule has 26 heavy (non-hydrogen) atoms. The van der Waals surface area contributed by atoms with Crippen molar-refractivity contribution >= 4 is 11.9 Å². The molecule has 1 unspecified atom stereocenters. The molecule has 0 aliphatic carbocycles. The number of hydrogen-bond acceptors (Lipinski definition) is 4. The van der Waals surface area contributed by atoms with Crippen LogP contribution >= 0.6 is 0 Å². The molecule has 1 atom stereocenters. The van der Waals surface area contributed by atoms with Gasteiger partial charge in [-0.2, -0.15) is 5.10 Å². The Kier molecular flexibility index (Phi) is 5.32. The predicted octanol–water partition coefficient (Wildman–Crippen LogP) is 1.63. The maximum atomic E-state index is 13.8. The van der Waals surface area contributed by atoms with Crippen molar-refractivity contribution in [3.8, 4) is 0 Å². The highest BCUT2D eigenvalue weighted by atomic mass is 19.1. The van der Waals surface area contributed by atoms with E-state index in [0.717, 1.165) is 0 Å². The highest BCUT2D eigenvalue weighted by Gasteiger charge is 2.27. The van der Waals surface area contributed by atoms with Gasteiger partial charge in [0.25, 0.3) is 0 Å². The van der Waals surface area contributed by atoms with E-state index in [1.165, 1.54) is 23.1 Å². The van der Waals surface area contributed by atoms with Crippen LogP contribution in [0.4, 0.5) is 4.39 Å². The Morgan fingerprint density at radius 3 is 2.54 bits per heavy atom. The van der Waals surface area contributed by atoms with E-state index in [2.05, 4.69) is 10.00 Å². The number of aromatic carboxylic acids is 1. The van der Waals surface area contributed by atoms with Gasteiger partial charge in [-0.1, -0.05) is 18.2 Å². The van der Waals surface area contributed by atoms with Gasteiger partial charge < -0.3 is 10.0 Å². The van der Waals surface area contributed by atoms with E-state index in [9.17, 15) is 14.0 Å². The second-order valence-electron chi connectivity index (χ2n) is 6.38. The third kappa shape index (κ3) is 3.91. The summed E-state index contributed by atoms with van der Waals surface area (Å²) in [5.74, 6) is -1.39. The molecule has 1 fully saturated rings. The van der Waals surface area contributed by atoms with Crippen molar-refractivity contribution in [1.29, 1.82) is 0 Å². The number of carbonyl (C=O) groups is 2. The van der Waals surface area contributed by atoms with Crippen LogP contribution in [0, 0.1) is 5.82 Å². The first kappa shape index (κ1) is 18.1. The molecule has 0 radical (unpaired) electrons. The van der Waals surface area contributed by atoms with Crippen LogP contribution in [0.25, 0.3) is 0 Å². The fourth-order valence-corrected chi connectivity index (χ4v) is 3.03. The zero-order valence-corrected chi connectivity index (χ0v) is 14.5. The Balaban J connectivity index is 1.56. The lowest BCUT2D eigenvalue weighted by atomic mass is 10.1. The minimum absolute atomic E-state index is 0.0550. The second-order valence-corrected chi connectivity index (χ2v) is 6.38. The number of hydrogen-bond donors (Lipinski definition) is 1. The fraction of sp³-hybridized carbons (Fsp3) is 0.389. The summed E-state index contributed by atoms with van der Waals surface area (Å²) < 4.78 is 15.1. The highest BCUT2D eigenvalue weighted by molar-refractivity contribution is 5.87. The minimum Gasteiger partial charge on any atom is -0.478 e. The third-order valence-electron chi connectivity index (χ3n) is 4.64. The van der Waals surface area contributed by atoms with Crippen LogP contribution in [0.15, 0.2) is 36.7 Å². The number of piperazine rings is 1. The Bertz CT molecular complexity index is 799. The Hall–Kier alpha value is -2.74. The molecule has 2 aromatic rings. The van der Waals surface area contributed by atoms with E-state index in [1.807, 2.05) is 6.07 Å². The van der Waals surface area contributed by atoms with Crippen molar-refractivity contribution in [2.24, 2.45) is 0 Å². The molecule has 1 amide bonds. The van der Waals surface area contributed by atoms with Crippen LogP contribution < -0.4 is 0 Å². The molecular formula is C18H21FN4O3. The van der Waals surface area contributed by atoms with Crippen LogP contribution in [-0.4, -0.2) is 62.7 Å². The van der Waals surface area contributed by atoms with Crippen LogP contribution in [0.1, 0.15) is 28.9 Å². The lowest BCUT2D eigenvalue weighted by molar-refractivity contribution is -0.136. The summed E-state index contributed by atoms with van der Waals surface area (Å²) in [5, 5.41) is 12.9.